The molecule has 0 aromatic heterocycles. The molecule has 2 heterocycles. The van der Waals surface area contributed by atoms with Crippen molar-refractivity contribution < 1.29 is 17.6 Å². The van der Waals surface area contributed by atoms with Crippen molar-refractivity contribution in [2.24, 2.45) is 11.8 Å². The molecule has 4 rings (SSSR count). The molecular formula is C21H23FN2O3S. The lowest BCUT2D eigenvalue weighted by atomic mass is 9.89. The summed E-state index contributed by atoms with van der Waals surface area (Å²) in [5, 5.41) is 3.38. The van der Waals surface area contributed by atoms with Gasteiger partial charge in [0.25, 0.3) is 0 Å². The van der Waals surface area contributed by atoms with Gasteiger partial charge in [0.1, 0.15) is 5.82 Å². The minimum atomic E-state index is -3.26. The zero-order valence-electron chi connectivity index (χ0n) is 15.6. The predicted octanol–water partition coefficient (Wildman–Crippen LogP) is 2.19. The minimum absolute atomic E-state index is 0.0178. The van der Waals surface area contributed by atoms with Gasteiger partial charge in [0.2, 0.25) is 5.91 Å². The molecule has 0 saturated carbocycles. The highest BCUT2D eigenvalue weighted by molar-refractivity contribution is 7.90. The van der Waals surface area contributed by atoms with Gasteiger partial charge in [0.05, 0.1) is 17.4 Å². The van der Waals surface area contributed by atoms with Crippen molar-refractivity contribution in [1.82, 2.24) is 10.2 Å². The highest BCUT2D eigenvalue weighted by Gasteiger charge is 2.46. The Morgan fingerprint density at radius 3 is 2.61 bits per heavy atom. The molecule has 0 radical (unpaired) electrons. The van der Waals surface area contributed by atoms with Gasteiger partial charge in [0.15, 0.2) is 9.84 Å². The van der Waals surface area contributed by atoms with Crippen molar-refractivity contribution in [3.05, 3.63) is 65.5 Å². The van der Waals surface area contributed by atoms with E-state index < -0.39 is 9.84 Å². The maximum absolute atomic E-state index is 13.8. The van der Waals surface area contributed by atoms with Crippen LogP contribution < -0.4 is 5.32 Å². The van der Waals surface area contributed by atoms with E-state index >= 15 is 0 Å². The van der Waals surface area contributed by atoms with Crippen LogP contribution in [-0.4, -0.2) is 45.1 Å². The second kappa shape index (κ2) is 7.29. The number of benzene rings is 2. The summed E-state index contributed by atoms with van der Waals surface area (Å²) < 4.78 is 37.0. The molecule has 0 spiro atoms. The first-order valence-electron chi connectivity index (χ1n) is 9.37. The molecule has 7 heteroatoms. The SMILES string of the molecule is CS(=O)(=O)c1ccc(CC(=O)N2C[C@@H]3CNC[C@@H]3[C@H]2c2cccc(F)c2)cc1. The van der Waals surface area contributed by atoms with Crippen LogP contribution in [0.1, 0.15) is 17.2 Å². The highest BCUT2D eigenvalue weighted by atomic mass is 32.2. The zero-order valence-corrected chi connectivity index (χ0v) is 16.5. The van der Waals surface area contributed by atoms with Crippen molar-refractivity contribution in [2.45, 2.75) is 17.4 Å². The summed E-state index contributed by atoms with van der Waals surface area (Å²) in [4.78, 5) is 15.2. The number of hydrogen-bond donors (Lipinski definition) is 1. The van der Waals surface area contributed by atoms with E-state index in [1.165, 1.54) is 24.3 Å². The minimum Gasteiger partial charge on any atom is -0.335 e. The van der Waals surface area contributed by atoms with Crippen LogP contribution in [-0.2, 0) is 21.1 Å². The van der Waals surface area contributed by atoms with Gasteiger partial charge in [0, 0.05) is 31.8 Å². The number of halogens is 1. The van der Waals surface area contributed by atoms with Crippen LogP contribution in [0, 0.1) is 17.7 Å². The largest absolute Gasteiger partial charge is 0.335 e. The third-order valence-electron chi connectivity index (χ3n) is 5.78. The zero-order chi connectivity index (χ0) is 19.9. The molecule has 2 aliphatic rings. The summed E-state index contributed by atoms with van der Waals surface area (Å²) in [7, 11) is -3.26. The second-order valence-corrected chi connectivity index (χ2v) is 9.74. The third-order valence-corrected chi connectivity index (χ3v) is 6.91. The van der Waals surface area contributed by atoms with Crippen LogP contribution in [0.4, 0.5) is 4.39 Å². The Kier molecular flexibility index (Phi) is 4.97. The summed E-state index contributed by atoms with van der Waals surface area (Å²) in [6.45, 7) is 2.33. The molecule has 28 heavy (non-hydrogen) atoms. The number of nitrogens with zero attached hydrogens (tertiary/aromatic N) is 1. The lowest BCUT2D eigenvalue weighted by Crippen LogP contribution is -2.35. The standard InChI is InChI=1S/C21H23FN2O3S/c1-28(26,27)18-7-5-14(6-8-18)9-20(25)24-13-16-11-23-12-19(16)21(24)15-3-2-4-17(22)10-15/h2-8,10,16,19,21,23H,9,11-13H2,1H3/t16-,19-,21+/m0/s1. The first-order chi connectivity index (χ1) is 13.3. The number of sulfone groups is 1. The molecule has 2 aromatic carbocycles. The van der Waals surface area contributed by atoms with Crippen molar-refractivity contribution in [3.63, 3.8) is 0 Å². The number of fused-ring (bicyclic) bond motifs is 1. The van der Waals surface area contributed by atoms with Crippen molar-refractivity contribution in [1.29, 1.82) is 0 Å². The van der Waals surface area contributed by atoms with Gasteiger partial charge >= 0.3 is 0 Å². The van der Waals surface area contributed by atoms with Gasteiger partial charge in [-0.2, -0.15) is 0 Å². The molecule has 1 amide bonds. The van der Waals surface area contributed by atoms with E-state index in [1.54, 1.807) is 18.2 Å². The van der Waals surface area contributed by atoms with Crippen LogP contribution in [0.3, 0.4) is 0 Å². The molecule has 0 bridgehead atoms. The highest BCUT2D eigenvalue weighted by Crippen LogP contribution is 2.43. The van der Waals surface area contributed by atoms with Crippen LogP contribution >= 0.6 is 0 Å². The number of amides is 1. The average molecular weight is 402 g/mol. The van der Waals surface area contributed by atoms with Gasteiger partial charge in [-0.15, -0.1) is 0 Å². The fourth-order valence-electron chi connectivity index (χ4n) is 4.43. The monoisotopic (exact) mass is 402 g/mol. The lowest BCUT2D eigenvalue weighted by molar-refractivity contribution is -0.131. The number of likely N-dealkylation sites (tertiary alicyclic amines) is 1. The Labute approximate surface area is 164 Å². The quantitative estimate of drug-likeness (QED) is 0.852. The number of rotatable bonds is 4. The van der Waals surface area contributed by atoms with Gasteiger partial charge in [-0.05, 0) is 41.3 Å². The van der Waals surface area contributed by atoms with E-state index in [4.69, 9.17) is 0 Å². The smallest absolute Gasteiger partial charge is 0.227 e. The molecule has 3 atom stereocenters. The maximum Gasteiger partial charge on any atom is 0.227 e. The first kappa shape index (κ1) is 19.1. The molecule has 0 aliphatic carbocycles. The van der Waals surface area contributed by atoms with E-state index in [-0.39, 0.29) is 35.0 Å². The molecule has 1 N–H and O–H groups in total. The number of hydrogen-bond acceptors (Lipinski definition) is 4. The van der Waals surface area contributed by atoms with Crippen LogP contribution in [0.5, 0.6) is 0 Å². The van der Waals surface area contributed by atoms with Gasteiger partial charge in [-0.1, -0.05) is 24.3 Å². The van der Waals surface area contributed by atoms with E-state index in [0.29, 0.717) is 12.5 Å². The normalized spacial score (nSPS) is 24.4. The van der Waals surface area contributed by atoms with Crippen molar-refractivity contribution >= 4 is 15.7 Å². The number of carbonyl (C=O) groups excluding carboxylic acids is 1. The Bertz CT molecular complexity index is 991. The van der Waals surface area contributed by atoms with E-state index in [1.807, 2.05) is 11.0 Å². The molecule has 0 unspecified atom stereocenters. The summed E-state index contributed by atoms with van der Waals surface area (Å²) in [6, 6.07) is 12.8. The van der Waals surface area contributed by atoms with Crippen LogP contribution in [0.15, 0.2) is 53.4 Å². The molecule has 148 valence electrons. The van der Waals surface area contributed by atoms with Crippen molar-refractivity contribution in [3.8, 4) is 0 Å². The van der Waals surface area contributed by atoms with Crippen LogP contribution in [0.25, 0.3) is 0 Å². The second-order valence-electron chi connectivity index (χ2n) is 7.72. The summed E-state index contributed by atoms with van der Waals surface area (Å²) in [5.41, 5.74) is 1.60. The van der Waals surface area contributed by atoms with Crippen LogP contribution in [0.2, 0.25) is 0 Å². The Balaban J connectivity index is 1.57. The summed E-state index contributed by atoms with van der Waals surface area (Å²) in [6.07, 6.45) is 1.36. The Morgan fingerprint density at radius 1 is 1.18 bits per heavy atom. The summed E-state index contributed by atoms with van der Waals surface area (Å²) >= 11 is 0. The Morgan fingerprint density at radius 2 is 1.93 bits per heavy atom. The molecule has 2 saturated heterocycles. The third kappa shape index (κ3) is 3.69. The molecular weight excluding hydrogens is 379 g/mol. The predicted molar refractivity (Wildman–Crippen MR) is 104 cm³/mol. The maximum atomic E-state index is 13.8. The summed E-state index contributed by atoms with van der Waals surface area (Å²) in [5.74, 6) is 0.328. The molecule has 2 aromatic rings. The fraction of sp³-hybridized carbons (Fsp3) is 0.381. The van der Waals surface area contributed by atoms with Gasteiger partial charge in [-0.25, -0.2) is 12.8 Å². The van der Waals surface area contributed by atoms with E-state index in [0.717, 1.165) is 30.5 Å². The van der Waals surface area contributed by atoms with Gasteiger partial charge < -0.3 is 10.2 Å². The van der Waals surface area contributed by atoms with E-state index in [2.05, 4.69) is 5.32 Å². The molecule has 2 fully saturated rings. The topological polar surface area (TPSA) is 66.5 Å². The lowest BCUT2D eigenvalue weighted by Gasteiger charge is -2.28. The molecule has 5 nitrogen and oxygen atoms in total. The average Bonchev–Trinajstić information content (AvgIpc) is 3.22. The Hall–Kier alpha value is -2.25. The van der Waals surface area contributed by atoms with E-state index in [9.17, 15) is 17.6 Å². The number of carbonyl (C=O) groups is 1. The fourth-order valence-corrected chi connectivity index (χ4v) is 5.06. The molecule has 2 aliphatic heterocycles. The first-order valence-corrected chi connectivity index (χ1v) is 11.3. The van der Waals surface area contributed by atoms with Crippen molar-refractivity contribution in [2.75, 3.05) is 25.9 Å². The van der Waals surface area contributed by atoms with Gasteiger partial charge in [-0.3, -0.25) is 4.79 Å². The number of nitrogens with one attached hydrogen (secondary N) is 1.